The first-order valence-electron chi connectivity index (χ1n) is 8.23. The van der Waals surface area contributed by atoms with E-state index in [1.54, 1.807) is 31.0 Å². The molecule has 6 nitrogen and oxygen atoms in total. The van der Waals surface area contributed by atoms with Crippen molar-refractivity contribution in [3.05, 3.63) is 85.1 Å². The molecule has 0 fully saturated rings. The molecule has 6 heteroatoms. The lowest BCUT2D eigenvalue weighted by atomic mass is 10.2. The van der Waals surface area contributed by atoms with Crippen LogP contribution in [0.1, 0.15) is 5.56 Å². The summed E-state index contributed by atoms with van der Waals surface area (Å²) in [5, 5.41) is 4.61. The molecular weight excluding hydrogens is 324 g/mol. The SMILES string of the molecule is C(=C/c1ccccc1)/Cn1nc(-c2cnccn2)nc1-c1cccnc1. The number of pyridine rings is 1. The highest BCUT2D eigenvalue weighted by Gasteiger charge is 2.13. The Balaban J connectivity index is 1.68. The molecule has 0 amide bonds. The summed E-state index contributed by atoms with van der Waals surface area (Å²) in [6.45, 7) is 0.590. The second kappa shape index (κ2) is 7.48. The van der Waals surface area contributed by atoms with Gasteiger partial charge < -0.3 is 0 Å². The number of benzene rings is 1. The molecule has 0 aliphatic carbocycles. The van der Waals surface area contributed by atoms with Crippen LogP contribution in [0.5, 0.6) is 0 Å². The number of aromatic nitrogens is 6. The van der Waals surface area contributed by atoms with Gasteiger partial charge in [-0.05, 0) is 17.7 Å². The Bertz CT molecular complexity index is 994. The molecule has 4 aromatic rings. The van der Waals surface area contributed by atoms with E-state index < -0.39 is 0 Å². The number of allylic oxidation sites excluding steroid dienone is 1. The van der Waals surface area contributed by atoms with Crippen LogP contribution in [-0.4, -0.2) is 29.7 Å². The topological polar surface area (TPSA) is 69.4 Å². The Hall–Kier alpha value is -3.67. The quantitative estimate of drug-likeness (QED) is 0.556. The smallest absolute Gasteiger partial charge is 0.201 e. The highest BCUT2D eigenvalue weighted by atomic mass is 15.3. The molecule has 126 valence electrons. The van der Waals surface area contributed by atoms with E-state index in [-0.39, 0.29) is 0 Å². The summed E-state index contributed by atoms with van der Waals surface area (Å²) in [5.41, 5.74) is 2.69. The lowest BCUT2D eigenvalue weighted by molar-refractivity contribution is 0.711. The third-order valence-electron chi connectivity index (χ3n) is 3.77. The van der Waals surface area contributed by atoms with Gasteiger partial charge in [-0.1, -0.05) is 42.5 Å². The lowest BCUT2D eigenvalue weighted by Crippen LogP contribution is -2.01. The zero-order valence-electron chi connectivity index (χ0n) is 14.0. The van der Waals surface area contributed by atoms with E-state index in [0.717, 1.165) is 17.0 Å². The molecule has 4 rings (SSSR count). The van der Waals surface area contributed by atoms with Crippen molar-refractivity contribution in [3.63, 3.8) is 0 Å². The fourth-order valence-corrected chi connectivity index (χ4v) is 2.55. The molecule has 0 atom stereocenters. The van der Waals surface area contributed by atoms with Gasteiger partial charge in [-0.3, -0.25) is 9.97 Å². The van der Waals surface area contributed by atoms with Gasteiger partial charge in [0.1, 0.15) is 5.69 Å². The molecule has 0 saturated heterocycles. The maximum Gasteiger partial charge on any atom is 0.201 e. The molecule has 3 aromatic heterocycles. The molecular formula is C20H16N6. The summed E-state index contributed by atoms with van der Waals surface area (Å²) in [7, 11) is 0. The van der Waals surface area contributed by atoms with Crippen LogP contribution in [0, 0.1) is 0 Å². The average Bonchev–Trinajstić information content (AvgIpc) is 3.14. The number of rotatable bonds is 5. The van der Waals surface area contributed by atoms with E-state index in [1.807, 2.05) is 35.0 Å². The van der Waals surface area contributed by atoms with Crippen LogP contribution in [-0.2, 0) is 6.54 Å². The number of nitrogens with zero attached hydrogens (tertiary/aromatic N) is 6. The first-order valence-corrected chi connectivity index (χ1v) is 8.23. The van der Waals surface area contributed by atoms with Gasteiger partial charge in [0.05, 0.1) is 12.7 Å². The first kappa shape index (κ1) is 15.8. The van der Waals surface area contributed by atoms with Crippen LogP contribution in [0.3, 0.4) is 0 Å². The maximum absolute atomic E-state index is 4.65. The molecule has 0 saturated carbocycles. The predicted molar refractivity (Wildman–Crippen MR) is 99.8 cm³/mol. The van der Waals surface area contributed by atoms with Gasteiger partial charge in [0.15, 0.2) is 5.82 Å². The molecule has 0 unspecified atom stereocenters. The fourth-order valence-electron chi connectivity index (χ4n) is 2.55. The zero-order chi connectivity index (χ0) is 17.6. The Morgan fingerprint density at radius 1 is 0.885 bits per heavy atom. The minimum absolute atomic E-state index is 0.546. The van der Waals surface area contributed by atoms with Crippen molar-refractivity contribution < 1.29 is 0 Å². The Morgan fingerprint density at radius 3 is 2.54 bits per heavy atom. The summed E-state index contributed by atoms with van der Waals surface area (Å²) in [6, 6.07) is 14.0. The van der Waals surface area contributed by atoms with Crippen molar-refractivity contribution in [1.29, 1.82) is 0 Å². The Kier molecular flexibility index (Phi) is 4.56. The molecule has 0 radical (unpaired) electrons. The van der Waals surface area contributed by atoms with E-state index in [9.17, 15) is 0 Å². The summed E-state index contributed by atoms with van der Waals surface area (Å²) >= 11 is 0. The van der Waals surface area contributed by atoms with Gasteiger partial charge in [0.25, 0.3) is 0 Å². The third-order valence-corrected chi connectivity index (χ3v) is 3.77. The second-order valence-corrected chi connectivity index (χ2v) is 5.59. The molecule has 1 aromatic carbocycles. The molecule has 0 bridgehead atoms. The van der Waals surface area contributed by atoms with E-state index >= 15 is 0 Å². The van der Waals surface area contributed by atoms with Gasteiger partial charge in [-0.15, -0.1) is 5.10 Å². The molecule has 0 aliphatic heterocycles. The molecule has 0 N–H and O–H groups in total. The molecule has 26 heavy (non-hydrogen) atoms. The van der Waals surface area contributed by atoms with Gasteiger partial charge in [-0.25, -0.2) is 14.6 Å². The molecule has 0 spiro atoms. The Morgan fingerprint density at radius 2 is 1.77 bits per heavy atom. The van der Waals surface area contributed by atoms with E-state index in [2.05, 4.69) is 49.3 Å². The average molecular weight is 340 g/mol. The molecule has 3 heterocycles. The van der Waals surface area contributed by atoms with Gasteiger partial charge >= 0.3 is 0 Å². The molecule has 0 aliphatic rings. The van der Waals surface area contributed by atoms with Crippen molar-refractivity contribution in [2.75, 3.05) is 0 Å². The summed E-state index contributed by atoms with van der Waals surface area (Å²) in [5.74, 6) is 1.29. The number of hydrogen-bond acceptors (Lipinski definition) is 5. The third kappa shape index (κ3) is 3.54. The second-order valence-electron chi connectivity index (χ2n) is 5.59. The first-order chi connectivity index (χ1) is 12.9. The van der Waals surface area contributed by atoms with Crippen molar-refractivity contribution in [1.82, 2.24) is 29.7 Å². The van der Waals surface area contributed by atoms with Crippen molar-refractivity contribution in [3.8, 4) is 22.9 Å². The summed E-state index contributed by atoms with van der Waals surface area (Å²) in [6.07, 6.45) is 12.6. The summed E-state index contributed by atoms with van der Waals surface area (Å²) in [4.78, 5) is 17.2. The normalized spacial score (nSPS) is 11.1. The van der Waals surface area contributed by atoms with Gasteiger partial charge in [-0.2, -0.15) is 0 Å². The monoisotopic (exact) mass is 340 g/mol. The standard InChI is InChI=1S/C20H16N6/c1-2-6-16(7-3-1)8-5-13-26-20(17-9-4-10-21-14-17)24-19(25-26)18-15-22-11-12-23-18/h1-12,14-15H,13H2/b8-5-. The van der Waals surface area contributed by atoms with Gasteiger partial charge in [0.2, 0.25) is 5.82 Å². The van der Waals surface area contributed by atoms with Crippen LogP contribution < -0.4 is 0 Å². The van der Waals surface area contributed by atoms with Crippen molar-refractivity contribution >= 4 is 6.08 Å². The van der Waals surface area contributed by atoms with Crippen molar-refractivity contribution in [2.45, 2.75) is 6.54 Å². The predicted octanol–water partition coefficient (Wildman–Crippen LogP) is 3.51. The van der Waals surface area contributed by atoms with Crippen LogP contribution in [0.25, 0.3) is 29.0 Å². The highest BCUT2D eigenvalue weighted by molar-refractivity contribution is 5.58. The van der Waals surface area contributed by atoms with Crippen LogP contribution in [0.4, 0.5) is 0 Å². The largest absolute Gasteiger partial charge is 0.264 e. The highest BCUT2D eigenvalue weighted by Crippen LogP contribution is 2.20. The van der Waals surface area contributed by atoms with E-state index in [0.29, 0.717) is 18.1 Å². The minimum atomic E-state index is 0.546. The van der Waals surface area contributed by atoms with Gasteiger partial charge in [0, 0.05) is 30.4 Å². The number of hydrogen-bond donors (Lipinski definition) is 0. The van der Waals surface area contributed by atoms with Crippen molar-refractivity contribution in [2.24, 2.45) is 0 Å². The minimum Gasteiger partial charge on any atom is -0.264 e. The zero-order valence-corrected chi connectivity index (χ0v) is 14.0. The summed E-state index contributed by atoms with van der Waals surface area (Å²) < 4.78 is 1.85. The van der Waals surface area contributed by atoms with E-state index in [1.165, 1.54) is 0 Å². The van der Waals surface area contributed by atoms with Crippen LogP contribution in [0.15, 0.2) is 79.5 Å². The maximum atomic E-state index is 4.65. The fraction of sp³-hybridized carbons (Fsp3) is 0.0500. The van der Waals surface area contributed by atoms with Crippen LogP contribution in [0.2, 0.25) is 0 Å². The van der Waals surface area contributed by atoms with E-state index in [4.69, 9.17) is 0 Å². The van der Waals surface area contributed by atoms with Crippen LogP contribution >= 0.6 is 0 Å². The lowest BCUT2D eigenvalue weighted by Gasteiger charge is -2.02. The Labute approximate surface area is 150 Å².